The first-order valence-electron chi connectivity index (χ1n) is 5.52. The molecule has 1 aromatic rings. The lowest BCUT2D eigenvalue weighted by molar-refractivity contribution is 0.103. The Bertz CT molecular complexity index is 292. The van der Waals surface area contributed by atoms with E-state index >= 15 is 0 Å². The van der Waals surface area contributed by atoms with E-state index in [2.05, 4.69) is 41.8 Å². The third-order valence-electron chi connectivity index (χ3n) is 2.51. The highest BCUT2D eigenvalue weighted by Crippen LogP contribution is 2.09. The van der Waals surface area contributed by atoms with Crippen LogP contribution in [0.25, 0.3) is 0 Å². The monoisotopic (exact) mass is 210 g/mol. The zero-order valence-electron chi connectivity index (χ0n) is 10.1. The predicted octanol–water partition coefficient (Wildman–Crippen LogP) is 1.62. The highest BCUT2D eigenvalue weighted by molar-refractivity contribution is 5.09. The van der Waals surface area contributed by atoms with Crippen molar-refractivity contribution in [3.8, 4) is 0 Å². The largest absolute Gasteiger partial charge is 0.392 e. The average molecular weight is 210 g/mol. The van der Waals surface area contributed by atoms with Gasteiger partial charge in [-0.2, -0.15) is 0 Å². The number of nitrogens with zero attached hydrogens (tertiary/aromatic N) is 2. The van der Waals surface area contributed by atoms with Crippen molar-refractivity contribution in [3.05, 3.63) is 24.0 Å². The van der Waals surface area contributed by atoms with Crippen LogP contribution in [0.2, 0.25) is 0 Å². The molecule has 0 amide bonds. The molecule has 1 atom stereocenters. The van der Waals surface area contributed by atoms with E-state index < -0.39 is 0 Å². The van der Waals surface area contributed by atoms with Gasteiger partial charge in [-0.15, -0.1) is 0 Å². The van der Waals surface area contributed by atoms with Crippen LogP contribution in [0.15, 0.2) is 18.5 Å². The van der Waals surface area contributed by atoms with Crippen LogP contribution in [-0.4, -0.2) is 33.3 Å². The lowest BCUT2D eigenvalue weighted by Gasteiger charge is -2.27. The molecule has 86 valence electrons. The molecule has 0 aliphatic carbocycles. The van der Waals surface area contributed by atoms with Gasteiger partial charge < -0.3 is 9.67 Å². The smallest absolute Gasteiger partial charge is 0.0639 e. The minimum Gasteiger partial charge on any atom is -0.392 e. The highest BCUT2D eigenvalue weighted by atomic mass is 16.3. The lowest BCUT2D eigenvalue weighted by Crippen LogP contribution is -2.35. The first-order chi connectivity index (χ1) is 6.99. The molecule has 1 unspecified atom stereocenters. The third kappa shape index (κ3) is 4.06. The normalized spacial score (nSPS) is 13.8. The molecule has 1 heterocycles. The molecule has 0 saturated carbocycles. The SMILES string of the molecule is CC(O)CN(Cc1ccn(C)c1)C(C)C. The minimum absolute atomic E-state index is 0.267. The molecule has 0 saturated heterocycles. The van der Waals surface area contributed by atoms with Crippen LogP contribution in [0.1, 0.15) is 26.3 Å². The van der Waals surface area contributed by atoms with Gasteiger partial charge in [0.2, 0.25) is 0 Å². The summed E-state index contributed by atoms with van der Waals surface area (Å²) in [7, 11) is 2.03. The van der Waals surface area contributed by atoms with Crippen molar-refractivity contribution < 1.29 is 5.11 Å². The Labute approximate surface area is 92.3 Å². The molecule has 1 aromatic heterocycles. The molecule has 0 aliphatic heterocycles. The van der Waals surface area contributed by atoms with Gasteiger partial charge in [0, 0.05) is 38.6 Å². The zero-order valence-corrected chi connectivity index (χ0v) is 10.1. The minimum atomic E-state index is -0.267. The molecule has 0 aliphatic rings. The van der Waals surface area contributed by atoms with Crippen molar-refractivity contribution in [2.45, 2.75) is 39.5 Å². The van der Waals surface area contributed by atoms with Crippen LogP contribution < -0.4 is 0 Å². The molecule has 1 rings (SSSR count). The third-order valence-corrected chi connectivity index (χ3v) is 2.51. The quantitative estimate of drug-likeness (QED) is 0.800. The van der Waals surface area contributed by atoms with Crippen molar-refractivity contribution in [1.29, 1.82) is 0 Å². The number of hydrogen-bond donors (Lipinski definition) is 1. The summed E-state index contributed by atoms with van der Waals surface area (Å²) < 4.78 is 2.05. The van der Waals surface area contributed by atoms with Gasteiger partial charge in [0.25, 0.3) is 0 Å². The van der Waals surface area contributed by atoms with E-state index in [4.69, 9.17) is 0 Å². The summed E-state index contributed by atoms with van der Waals surface area (Å²) in [5.41, 5.74) is 1.30. The molecule has 0 spiro atoms. The van der Waals surface area contributed by atoms with Crippen molar-refractivity contribution in [3.63, 3.8) is 0 Å². The van der Waals surface area contributed by atoms with Gasteiger partial charge in [0.05, 0.1) is 6.10 Å². The van der Waals surface area contributed by atoms with Crippen LogP contribution in [0.5, 0.6) is 0 Å². The molecule has 3 heteroatoms. The van der Waals surface area contributed by atoms with E-state index in [0.29, 0.717) is 6.04 Å². The number of aromatic nitrogens is 1. The maximum Gasteiger partial charge on any atom is 0.0639 e. The van der Waals surface area contributed by atoms with Gasteiger partial charge in [0.1, 0.15) is 0 Å². The lowest BCUT2D eigenvalue weighted by atomic mass is 10.2. The van der Waals surface area contributed by atoms with Crippen LogP contribution in [0.4, 0.5) is 0 Å². The Hall–Kier alpha value is -0.800. The molecular formula is C12H22N2O. The first kappa shape index (κ1) is 12.3. The number of rotatable bonds is 5. The number of aliphatic hydroxyl groups is 1. The van der Waals surface area contributed by atoms with Gasteiger partial charge >= 0.3 is 0 Å². The van der Waals surface area contributed by atoms with Gasteiger partial charge in [-0.05, 0) is 32.4 Å². The van der Waals surface area contributed by atoms with Gasteiger partial charge in [-0.1, -0.05) is 0 Å². The Morgan fingerprint density at radius 1 is 1.40 bits per heavy atom. The molecule has 3 nitrogen and oxygen atoms in total. The molecule has 0 aromatic carbocycles. The molecule has 0 radical (unpaired) electrons. The molecule has 0 fully saturated rings. The molecule has 15 heavy (non-hydrogen) atoms. The average Bonchev–Trinajstić information content (AvgIpc) is 2.49. The Kier molecular flexibility index (Phi) is 4.36. The first-order valence-corrected chi connectivity index (χ1v) is 5.52. The van der Waals surface area contributed by atoms with Gasteiger partial charge in [0.15, 0.2) is 0 Å². The number of hydrogen-bond acceptors (Lipinski definition) is 2. The van der Waals surface area contributed by atoms with Gasteiger partial charge in [-0.25, -0.2) is 0 Å². The van der Waals surface area contributed by atoms with E-state index in [0.717, 1.165) is 13.1 Å². The van der Waals surface area contributed by atoms with Crippen LogP contribution >= 0.6 is 0 Å². The van der Waals surface area contributed by atoms with Crippen LogP contribution in [0, 0.1) is 0 Å². The summed E-state index contributed by atoms with van der Waals surface area (Å²) in [6.07, 6.45) is 3.91. The maximum atomic E-state index is 9.41. The van der Waals surface area contributed by atoms with Crippen LogP contribution in [0.3, 0.4) is 0 Å². The van der Waals surface area contributed by atoms with E-state index in [9.17, 15) is 5.11 Å². The summed E-state index contributed by atoms with van der Waals surface area (Å²) >= 11 is 0. The topological polar surface area (TPSA) is 28.4 Å². The Morgan fingerprint density at radius 3 is 2.47 bits per heavy atom. The van der Waals surface area contributed by atoms with E-state index in [1.807, 2.05) is 14.0 Å². The standard InChI is InChI=1S/C12H22N2O/c1-10(2)14(7-11(3)15)9-12-5-6-13(4)8-12/h5-6,8,10-11,15H,7,9H2,1-4H3. The fraction of sp³-hybridized carbons (Fsp3) is 0.667. The Balaban J connectivity index is 2.58. The van der Waals surface area contributed by atoms with E-state index in [1.165, 1.54) is 5.56 Å². The fourth-order valence-corrected chi connectivity index (χ4v) is 1.69. The second-order valence-electron chi connectivity index (χ2n) is 4.56. The predicted molar refractivity (Wildman–Crippen MR) is 62.6 cm³/mol. The van der Waals surface area contributed by atoms with Gasteiger partial charge in [-0.3, -0.25) is 4.90 Å². The summed E-state index contributed by atoms with van der Waals surface area (Å²) in [6, 6.07) is 2.58. The van der Waals surface area contributed by atoms with Crippen molar-refractivity contribution >= 4 is 0 Å². The molecular weight excluding hydrogens is 188 g/mol. The molecule has 1 N–H and O–H groups in total. The zero-order chi connectivity index (χ0) is 11.4. The number of aryl methyl sites for hydroxylation is 1. The summed E-state index contributed by atoms with van der Waals surface area (Å²) in [6.45, 7) is 7.78. The summed E-state index contributed by atoms with van der Waals surface area (Å²) in [5, 5.41) is 9.41. The Morgan fingerprint density at radius 2 is 2.07 bits per heavy atom. The van der Waals surface area contributed by atoms with Crippen molar-refractivity contribution in [2.75, 3.05) is 6.54 Å². The number of aliphatic hydroxyl groups excluding tert-OH is 1. The second-order valence-corrected chi connectivity index (χ2v) is 4.56. The maximum absolute atomic E-state index is 9.41. The van der Waals surface area contributed by atoms with Crippen LogP contribution in [-0.2, 0) is 13.6 Å². The summed E-state index contributed by atoms with van der Waals surface area (Å²) in [4.78, 5) is 2.28. The second kappa shape index (κ2) is 5.33. The fourth-order valence-electron chi connectivity index (χ4n) is 1.69. The highest BCUT2D eigenvalue weighted by Gasteiger charge is 2.12. The van der Waals surface area contributed by atoms with E-state index in [1.54, 1.807) is 0 Å². The van der Waals surface area contributed by atoms with Crippen molar-refractivity contribution in [1.82, 2.24) is 9.47 Å². The van der Waals surface area contributed by atoms with E-state index in [-0.39, 0.29) is 6.10 Å². The molecule has 0 bridgehead atoms. The van der Waals surface area contributed by atoms with Crippen molar-refractivity contribution in [2.24, 2.45) is 7.05 Å². The summed E-state index contributed by atoms with van der Waals surface area (Å²) in [5.74, 6) is 0.